The topological polar surface area (TPSA) is 75.7 Å². The number of rotatable bonds is 2. The van der Waals surface area contributed by atoms with Gasteiger partial charge in [0.25, 0.3) is 0 Å². The Hall–Kier alpha value is -1.59. The number of hydrogen-bond donors (Lipinski definition) is 1. The average Bonchev–Trinajstić information content (AvgIpc) is 1.99. The minimum atomic E-state index is -0.645. The van der Waals surface area contributed by atoms with Gasteiger partial charge in [-0.25, -0.2) is 5.01 Å². The highest BCUT2D eigenvalue weighted by molar-refractivity contribution is 5.86. The van der Waals surface area contributed by atoms with Crippen LogP contribution in [-0.2, 0) is 19.1 Å². The number of amides is 2. The lowest BCUT2D eigenvalue weighted by Crippen LogP contribution is -2.61. The maximum absolute atomic E-state index is 10.9. The lowest BCUT2D eigenvalue weighted by molar-refractivity contribution is -0.191. The van der Waals surface area contributed by atoms with Crippen LogP contribution in [0.4, 0.5) is 0 Å². The molecule has 1 saturated heterocycles. The minimum absolute atomic E-state index is 0.125. The maximum atomic E-state index is 10.9. The van der Waals surface area contributed by atoms with E-state index in [2.05, 4.69) is 5.43 Å². The molecule has 0 aromatic carbocycles. The maximum Gasteiger partial charge on any atom is 0.304 e. The van der Waals surface area contributed by atoms with Gasteiger partial charge in [0.2, 0.25) is 18.0 Å². The van der Waals surface area contributed by atoms with Gasteiger partial charge in [0.15, 0.2) is 0 Å². The van der Waals surface area contributed by atoms with Crippen molar-refractivity contribution in [2.75, 3.05) is 0 Å². The molecule has 6 heteroatoms. The summed E-state index contributed by atoms with van der Waals surface area (Å²) >= 11 is 0. The molecule has 0 aliphatic carbocycles. The van der Waals surface area contributed by atoms with E-state index in [-0.39, 0.29) is 18.2 Å². The Balaban J connectivity index is 2.46. The normalized spacial score (nSPS) is 20.6. The van der Waals surface area contributed by atoms with Gasteiger partial charge in [0, 0.05) is 13.8 Å². The van der Waals surface area contributed by atoms with Crippen molar-refractivity contribution in [3.05, 3.63) is 0 Å². The molecule has 0 saturated carbocycles. The van der Waals surface area contributed by atoms with Gasteiger partial charge in [-0.15, -0.1) is 0 Å². The summed E-state index contributed by atoms with van der Waals surface area (Å²) in [5.41, 5.74) is 2.25. The summed E-state index contributed by atoms with van der Waals surface area (Å²) in [6.07, 6.45) is -0.520. The van der Waals surface area contributed by atoms with Crippen LogP contribution in [-0.4, -0.2) is 29.0 Å². The molecule has 0 spiro atoms. The Morgan fingerprint density at radius 1 is 1.54 bits per heavy atom. The third kappa shape index (κ3) is 2.17. The lowest BCUT2D eigenvalue weighted by Gasteiger charge is -2.38. The third-order valence-corrected chi connectivity index (χ3v) is 1.49. The van der Waals surface area contributed by atoms with Crippen molar-refractivity contribution in [1.29, 1.82) is 0 Å². The number of nitrogens with zero attached hydrogens (tertiary/aromatic N) is 1. The van der Waals surface area contributed by atoms with Gasteiger partial charge in [-0.05, 0) is 0 Å². The number of esters is 1. The van der Waals surface area contributed by atoms with Gasteiger partial charge in [-0.2, -0.15) is 0 Å². The molecule has 0 radical (unpaired) electrons. The first-order chi connectivity index (χ1) is 6.00. The van der Waals surface area contributed by atoms with E-state index in [4.69, 9.17) is 4.74 Å². The molecule has 1 fully saturated rings. The van der Waals surface area contributed by atoms with Gasteiger partial charge < -0.3 is 4.74 Å². The van der Waals surface area contributed by atoms with E-state index in [1.54, 1.807) is 0 Å². The molecular weight excluding hydrogens is 176 g/mol. The second-order valence-corrected chi connectivity index (χ2v) is 2.70. The Kier molecular flexibility index (Phi) is 2.50. The smallest absolute Gasteiger partial charge is 0.304 e. The molecule has 1 rings (SSSR count). The first-order valence-electron chi connectivity index (χ1n) is 3.77. The molecular formula is C7H10N2O4. The van der Waals surface area contributed by atoms with Crippen molar-refractivity contribution in [2.45, 2.75) is 26.5 Å². The zero-order valence-corrected chi connectivity index (χ0v) is 7.36. The second kappa shape index (κ2) is 3.42. The van der Waals surface area contributed by atoms with Crippen LogP contribution in [0, 0.1) is 0 Å². The fourth-order valence-electron chi connectivity index (χ4n) is 0.977. The Morgan fingerprint density at radius 2 is 2.15 bits per heavy atom. The van der Waals surface area contributed by atoms with Crippen LogP contribution in [0.5, 0.6) is 0 Å². The van der Waals surface area contributed by atoms with E-state index < -0.39 is 12.2 Å². The first kappa shape index (κ1) is 9.50. The van der Waals surface area contributed by atoms with E-state index in [0.29, 0.717) is 0 Å². The fourth-order valence-corrected chi connectivity index (χ4v) is 0.977. The molecule has 0 bridgehead atoms. The van der Waals surface area contributed by atoms with Gasteiger partial charge in [-0.3, -0.25) is 19.8 Å². The number of carbonyl (C=O) groups excluding carboxylic acids is 3. The van der Waals surface area contributed by atoms with Crippen molar-refractivity contribution in [1.82, 2.24) is 10.4 Å². The average molecular weight is 186 g/mol. The molecule has 2 amide bonds. The highest BCUT2D eigenvalue weighted by atomic mass is 16.6. The van der Waals surface area contributed by atoms with Crippen LogP contribution in [0.15, 0.2) is 0 Å². The Labute approximate surface area is 74.8 Å². The van der Waals surface area contributed by atoms with Crippen LogP contribution in [0.25, 0.3) is 0 Å². The number of hydrogen-bond acceptors (Lipinski definition) is 4. The Bertz CT molecular complexity index is 263. The summed E-state index contributed by atoms with van der Waals surface area (Å²) < 4.78 is 4.72. The molecule has 1 aliphatic heterocycles. The summed E-state index contributed by atoms with van der Waals surface area (Å²) in [6, 6.07) is 0. The summed E-state index contributed by atoms with van der Waals surface area (Å²) in [4.78, 5) is 32.0. The number of hydrazine groups is 1. The van der Waals surface area contributed by atoms with Gasteiger partial charge in [0.05, 0.1) is 6.42 Å². The first-order valence-corrected chi connectivity index (χ1v) is 3.77. The molecule has 0 aromatic rings. The standard InChI is InChI=1S/C7H10N2O4/c1-4(10)8-9-6(12)3-7(9)13-5(2)11/h7H,3H2,1-2H3,(H,8,10)/t7-/m0/s1. The lowest BCUT2D eigenvalue weighted by atomic mass is 10.2. The zero-order chi connectivity index (χ0) is 10.0. The number of ether oxygens (including phenoxy) is 1. The van der Waals surface area contributed by atoms with Crippen LogP contribution in [0.1, 0.15) is 20.3 Å². The number of β-lactam (4-membered cyclic amide) rings is 1. The van der Waals surface area contributed by atoms with E-state index in [1.165, 1.54) is 13.8 Å². The summed E-state index contributed by atoms with van der Waals surface area (Å²) in [6.45, 7) is 2.52. The Morgan fingerprint density at radius 3 is 2.54 bits per heavy atom. The van der Waals surface area contributed by atoms with Crippen molar-refractivity contribution in [2.24, 2.45) is 0 Å². The summed E-state index contributed by atoms with van der Waals surface area (Å²) in [7, 11) is 0. The number of carbonyl (C=O) groups is 3. The quantitative estimate of drug-likeness (QED) is 0.450. The van der Waals surface area contributed by atoms with E-state index in [0.717, 1.165) is 5.01 Å². The van der Waals surface area contributed by atoms with Crippen molar-refractivity contribution in [3.63, 3.8) is 0 Å². The predicted octanol–water partition coefficient (Wildman–Crippen LogP) is -0.841. The molecule has 6 nitrogen and oxygen atoms in total. The minimum Gasteiger partial charge on any atom is -0.439 e. The zero-order valence-electron chi connectivity index (χ0n) is 7.36. The SMILES string of the molecule is CC(=O)NN1C(=O)C[C@@H]1OC(C)=O. The van der Waals surface area contributed by atoms with Crippen LogP contribution in [0.2, 0.25) is 0 Å². The van der Waals surface area contributed by atoms with Crippen LogP contribution < -0.4 is 5.43 Å². The largest absolute Gasteiger partial charge is 0.439 e. The van der Waals surface area contributed by atoms with Crippen molar-refractivity contribution in [3.8, 4) is 0 Å². The predicted molar refractivity (Wildman–Crippen MR) is 40.8 cm³/mol. The highest BCUT2D eigenvalue weighted by Crippen LogP contribution is 2.17. The number of nitrogens with one attached hydrogen (secondary N) is 1. The van der Waals surface area contributed by atoms with E-state index in [1.807, 2.05) is 0 Å². The molecule has 72 valence electrons. The summed E-state index contributed by atoms with van der Waals surface area (Å²) in [5, 5.41) is 1.00. The van der Waals surface area contributed by atoms with Gasteiger partial charge in [0.1, 0.15) is 0 Å². The second-order valence-electron chi connectivity index (χ2n) is 2.70. The monoisotopic (exact) mass is 186 g/mol. The molecule has 0 unspecified atom stereocenters. The van der Waals surface area contributed by atoms with Crippen molar-refractivity contribution >= 4 is 17.8 Å². The summed E-state index contributed by atoms with van der Waals surface area (Å²) in [5.74, 6) is -1.11. The van der Waals surface area contributed by atoms with Gasteiger partial charge >= 0.3 is 5.97 Å². The molecule has 1 aliphatic rings. The fraction of sp³-hybridized carbons (Fsp3) is 0.571. The van der Waals surface area contributed by atoms with E-state index >= 15 is 0 Å². The third-order valence-electron chi connectivity index (χ3n) is 1.49. The van der Waals surface area contributed by atoms with E-state index in [9.17, 15) is 14.4 Å². The molecule has 1 heterocycles. The van der Waals surface area contributed by atoms with Crippen molar-refractivity contribution < 1.29 is 19.1 Å². The molecule has 1 atom stereocenters. The highest BCUT2D eigenvalue weighted by Gasteiger charge is 2.39. The molecule has 13 heavy (non-hydrogen) atoms. The van der Waals surface area contributed by atoms with Crippen LogP contribution >= 0.6 is 0 Å². The van der Waals surface area contributed by atoms with Gasteiger partial charge in [-0.1, -0.05) is 0 Å². The molecule has 1 N–H and O–H groups in total. The molecule has 0 aromatic heterocycles. The van der Waals surface area contributed by atoms with Crippen LogP contribution in [0.3, 0.4) is 0 Å².